The Kier molecular flexibility index (Phi) is 2.46. The highest BCUT2D eigenvalue weighted by atomic mass is 16.2. The summed E-state index contributed by atoms with van der Waals surface area (Å²) >= 11 is 0. The number of carbonyl (C=O) groups is 1. The molecule has 5 heteroatoms. The van der Waals surface area contributed by atoms with E-state index in [9.17, 15) is 9.59 Å². The molecular formula is C8H11N3O2. The number of H-pyrrole nitrogens is 1. The lowest BCUT2D eigenvalue weighted by Gasteiger charge is -2.10. The number of carbonyl (C=O) groups excluding carboxylic acids is 1. The first kappa shape index (κ1) is 9.44. The van der Waals surface area contributed by atoms with Gasteiger partial charge in [0.05, 0.1) is 6.20 Å². The summed E-state index contributed by atoms with van der Waals surface area (Å²) in [6.07, 6.45) is 1.10. The highest BCUT2D eigenvalue weighted by Gasteiger charge is 2.12. The predicted octanol–water partition coefficient (Wildman–Crippen LogP) is -0.220. The Hall–Kier alpha value is -1.65. The summed E-state index contributed by atoms with van der Waals surface area (Å²) in [5.74, 6) is -0.214. The maximum Gasteiger partial charge on any atom is 0.273 e. The van der Waals surface area contributed by atoms with Gasteiger partial charge >= 0.3 is 0 Å². The zero-order chi connectivity index (χ0) is 10.0. The highest BCUT2D eigenvalue weighted by Crippen LogP contribution is 1.99. The topological polar surface area (TPSA) is 66.1 Å². The van der Waals surface area contributed by atoms with Crippen molar-refractivity contribution in [1.29, 1.82) is 0 Å². The third kappa shape index (κ3) is 1.93. The molecule has 5 nitrogen and oxygen atoms in total. The molecule has 70 valence electrons. The van der Waals surface area contributed by atoms with Crippen molar-refractivity contribution in [1.82, 2.24) is 14.9 Å². The van der Waals surface area contributed by atoms with Crippen molar-refractivity contribution < 1.29 is 4.79 Å². The predicted molar refractivity (Wildman–Crippen MR) is 47.6 cm³/mol. The van der Waals surface area contributed by atoms with Crippen molar-refractivity contribution in [2.45, 2.75) is 6.92 Å². The lowest BCUT2D eigenvalue weighted by molar-refractivity contribution is 0.0820. The first-order valence-corrected chi connectivity index (χ1v) is 3.80. The zero-order valence-corrected chi connectivity index (χ0v) is 7.79. The third-order valence-electron chi connectivity index (χ3n) is 1.59. The molecule has 1 amide bonds. The molecule has 0 radical (unpaired) electrons. The molecule has 1 heterocycles. The number of nitrogens with one attached hydrogen (secondary N) is 1. The van der Waals surface area contributed by atoms with Gasteiger partial charge in [-0.3, -0.25) is 9.59 Å². The summed E-state index contributed by atoms with van der Waals surface area (Å²) in [6, 6.07) is 0. The lowest BCUT2D eigenvalue weighted by atomic mass is 10.3. The summed E-state index contributed by atoms with van der Waals surface area (Å²) in [6.45, 7) is 1.64. The van der Waals surface area contributed by atoms with Crippen LogP contribution < -0.4 is 5.56 Å². The van der Waals surface area contributed by atoms with Crippen molar-refractivity contribution in [3.8, 4) is 0 Å². The van der Waals surface area contributed by atoms with Gasteiger partial charge in [0.1, 0.15) is 5.69 Å². The summed E-state index contributed by atoms with van der Waals surface area (Å²) in [5, 5.41) is 0. The maximum atomic E-state index is 11.4. The van der Waals surface area contributed by atoms with Gasteiger partial charge in [0.25, 0.3) is 11.5 Å². The van der Waals surface area contributed by atoms with Crippen LogP contribution in [0.2, 0.25) is 0 Å². The number of aromatic nitrogens is 2. The monoisotopic (exact) mass is 181 g/mol. The smallest absolute Gasteiger partial charge is 0.273 e. The molecule has 0 saturated carbocycles. The fourth-order valence-electron chi connectivity index (χ4n) is 0.924. The summed E-state index contributed by atoms with van der Waals surface area (Å²) in [5.41, 5.74) is 0.476. The number of hydrogen-bond acceptors (Lipinski definition) is 3. The molecule has 0 aliphatic rings. The fourth-order valence-corrected chi connectivity index (χ4v) is 0.924. The standard InChI is InChI=1S/C8H11N3O2/c1-5-7(8(13)11(2)3)9-4-6(12)10-5/h4H,1-3H3,(H,10,12). The molecule has 0 aliphatic heterocycles. The lowest BCUT2D eigenvalue weighted by Crippen LogP contribution is -2.25. The van der Waals surface area contributed by atoms with Gasteiger partial charge in [0.15, 0.2) is 0 Å². The second kappa shape index (κ2) is 3.38. The second-order valence-electron chi connectivity index (χ2n) is 2.92. The number of aryl methyl sites for hydroxylation is 1. The summed E-state index contributed by atoms with van der Waals surface area (Å²) < 4.78 is 0. The molecule has 1 aromatic rings. The van der Waals surface area contributed by atoms with E-state index in [1.54, 1.807) is 21.0 Å². The first-order chi connectivity index (χ1) is 6.02. The van der Waals surface area contributed by atoms with Gasteiger partial charge in [0, 0.05) is 19.8 Å². The molecule has 1 aromatic heterocycles. The Bertz CT molecular complexity index is 381. The van der Waals surface area contributed by atoms with E-state index in [1.165, 1.54) is 4.90 Å². The second-order valence-corrected chi connectivity index (χ2v) is 2.92. The zero-order valence-electron chi connectivity index (χ0n) is 7.79. The van der Waals surface area contributed by atoms with Gasteiger partial charge in [0.2, 0.25) is 0 Å². The molecule has 0 spiro atoms. The van der Waals surface area contributed by atoms with Crippen molar-refractivity contribution in [2.24, 2.45) is 0 Å². The van der Waals surface area contributed by atoms with Crippen LogP contribution in [0.25, 0.3) is 0 Å². The third-order valence-corrected chi connectivity index (χ3v) is 1.59. The number of nitrogens with zero attached hydrogens (tertiary/aromatic N) is 2. The Labute approximate surface area is 75.4 Å². The average Bonchev–Trinajstić information content (AvgIpc) is 2.03. The fraction of sp³-hybridized carbons (Fsp3) is 0.375. The van der Waals surface area contributed by atoms with Gasteiger partial charge in [-0.05, 0) is 6.92 Å². The van der Waals surface area contributed by atoms with Crippen molar-refractivity contribution in [3.63, 3.8) is 0 Å². The first-order valence-electron chi connectivity index (χ1n) is 3.80. The number of aromatic amines is 1. The van der Waals surface area contributed by atoms with E-state index in [0.717, 1.165) is 6.20 Å². The van der Waals surface area contributed by atoms with E-state index in [0.29, 0.717) is 5.69 Å². The van der Waals surface area contributed by atoms with Crippen LogP contribution in [0.1, 0.15) is 16.2 Å². The minimum atomic E-state index is -0.298. The van der Waals surface area contributed by atoms with Crippen LogP contribution in [0, 0.1) is 6.92 Å². The summed E-state index contributed by atoms with van der Waals surface area (Å²) in [7, 11) is 3.27. The Morgan fingerprint density at radius 1 is 1.54 bits per heavy atom. The minimum Gasteiger partial charge on any atom is -0.343 e. The van der Waals surface area contributed by atoms with Crippen LogP contribution in [0.5, 0.6) is 0 Å². The normalized spacial score (nSPS) is 9.77. The average molecular weight is 181 g/mol. The Balaban J connectivity index is 3.16. The van der Waals surface area contributed by atoms with Crippen LogP contribution >= 0.6 is 0 Å². The van der Waals surface area contributed by atoms with Crippen LogP contribution in [-0.2, 0) is 0 Å². The molecule has 0 aliphatic carbocycles. The van der Waals surface area contributed by atoms with Crippen LogP contribution in [-0.4, -0.2) is 34.9 Å². The van der Waals surface area contributed by atoms with E-state index < -0.39 is 0 Å². The van der Waals surface area contributed by atoms with Crippen LogP contribution in [0.4, 0.5) is 0 Å². The quantitative estimate of drug-likeness (QED) is 0.651. The van der Waals surface area contributed by atoms with Crippen molar-refractivity contribution >= 4 is 5.91 Å². The van der Waals surface area contributed by atoms with Crippen LogP contribution in [0.15, 0.2) is 11.0 Å². The Morgan fingerprint density at radius 3 is 2.62 bits per heavy atom. The number of hydrogen-bond donors (Lipinski definition) is 1. The largest absolute Gasteiger partial charge is 0.343 e. The van der Waals surface area contributed by atoms with Gasteiger partial charge in [-0.2, -0.15) is 0 Å². The summed E-state index contributed by atoms with van der Waals surface area (Å²) in [4.78, 5) is 29.9. The maximum absolute atomic E-state index is 11.4. The molecule has 0 saturated heterocycles. The van der Waals surface area contributed by atoms with Gasteiger partial charge < -0.3 is 9.88 Å². The molecule has 1 rings (SSSR count). The molecule has 13 heavy (non-hydrogen) atoms. The SMILES string of the molecule is Cc1[nH]c(=O)cnc1C(=O)N(C)C. The minimum absolute atomic E-state index is 0.214. The molecular weight excluding hydrogens is 170 g/mol. The molecule has 1 N–H and O–H groups in total. The molecule has 0 bridgehead atoms. The van der Waals surface area contributed by atoms with E-state index in [2.05, 4.69) is 9.97 Å². The Morgan fingerprint density at radius 2 is 2.15 bits per heavy atom. The van der Waals surface area contributed by atoms with Crippen LogP contribution in [0.3, 0.4) is 0 Å². The number of rotatable bonds is 1. The van der Waals surface area contributed by atoms with Gasteiger partial charge in [-0.15, -0.1) is 0 Å². The van der Waals surface area contributed by atoms with E-state index in [1.807, 2.05) is 0 Å². The van der Waals surface area contributed by atoms with E-state index in [-0.39, 0.29) is 17.2 Å². The van der Waals surface area contributed by atoms with Gasteiger partial charge in [-0.1, -0.05) is 0 Å². The van der Waals surface area contributed by atoms with E-state index in [4.69, 9.17) is 0 Å². The van der Waals surface area contributed by atoms with Crippen molar-refractivity contribution in [2.75, 3.05) is 14.1 Å². The number of amides is 1. The van der Waals surface area contributed by atoms with Gasteiger partial charge in [-0.25, -0.2) is 4.98 Å². The van der Waals surface area contributed by atoms with E-state index >= 15 is 0 Å². The highest BCUT2D eigenvalue weighted by molar-refractivity contribution is 5.92. The van der Waals surface area contributed by atoms with Crippen molar-refractivity contribution in [3.05, 3.63) is 27.9 Å². The molecule has 0 fully saturated rings. The molecule has 0 atom stereocenters. The molecule has 0 aromatic carbocycles. The molecule has 0 unspecified atom stereocenters.